The normalized spacial score (nSPS) is 24.8. The van der Waals surface area contributed by atoms with E-state index in [0.717, 1.165) is 36.5 Å². The van der Waals surface area contributed by atoms with Crippen LogP contribution in [-0.4, -0.2) is 23.2 Å². The van der Waals surface area contributed by atoms with Crippen LogP contribution in [0.25, 0.3) is 0 Å². The molecule has 0 aromatic carbocycles. The molecule has 1 unspecified atom stereocenters. The molecule has 1 saturated heterocycles. The molecule has 1 atom stereocenters. The van der Waals surface area contributed by atoms with Crippen LogP contribution in [0.15, 0.2) is 6.07 Å². The smallest absolute Gasteiger partial charge is 0.129 e. The lowest BCUT2D eigenvalue weighted by molar-refractivity contribution is 0.185. The van der Waals surface area contributed by atoms with E-state index in [1.807, 2.05) is 0 Å². The van der Waals surface area contributed by atoms with Gasteiger partial charge >= 0.3 is 0 Å². The average molecular weight is 264 g/mol. The molecule has 1 N–H and O–H groups in total. The molecule has 1 aliphatic heterocycles. The molecule has 2 heterocycles. The molecule has 1 aromatic rings. The van der Waals surface area contributed by atoms with Gasteiger partial charge in [0.25, 0.3) is 0 Å². The summed E-state index contributed by atoms with van der Waals surface area (Å²) in [5, 5.41) is 0. The molecule has 2 fully saturated rings. The summed E-state index contributed by atoms with van der Waals surface area (Å²) in [7, 11) is 0. The topological polar surface area (TPSA) is 37.9 Å². The molecule has 0 amide bonds. The average Bonchev–Trinajstić information content (AvgIpc) is 3.00. The number of rotatable bonds is 3. The van der Waals surface area contributed by atoms with E-state index in [9.17, 15) is 0 Å². The minimum atomic E-state index is 0.613. The van der Waals surface area contributed by atoms with Gasteiger partial charge in [0.1, 0.15) is 10.5 Å². The van der Waals surface area contributed by atoms with Crippen molar-refractivity contribution >= 4 is 12.2 Å². The molecule has 98 valence electrons. The SMILES string of the molecule is S=c1cc(C2CCCC2)[nH]c(CC2CCOC2)n1. The number of ether oxygens (including phenoxy) is 1. The summed E-state index contributed by atoms with van der Waals surface area (Å²) in [6.07, 6.45) is 7.40. The van der Waals surface area contributed by atoms with Crippen LogP contribution in [0.5, 0.6) is 0 Å². The minimum Gasteiger partial charge on any atom is -0.381 e. The Kier molecular flexibility index (Phi) is 3.75. The highest BCUT2D eigenvalue weighted by Crippen LogP contribution is 2.33. The molecule has 18 heavy (non-hydrogen) atoms. The van der Waals surface area contributed by atoms with Crippen molar-refractivity contribution in [2.45, 2.75) is 44.4 Å². The van der Waals surface area contributed by atoms with Gasteiger partial charge in [0.15, 0.2) is 0 Å². The van der Waals surface area contributed by atoms with Crippen LogP contribution in [0.4, 0.5) is 0 Å². The zero-order valence-corrected chi connectivity index (χ0v) is 11.5. The summed E-state index contributed by atoms with van der Waals surface area (Å²) < 4.78 is 6.16. The number of hydrogen-bond donors (Lipinski definition) is 1. The monoisotopic (exact) mass is 264 g/mol. The Morgan fingerprint density at radius 2 is 2.17 bits per heavy atom. The Bertz CT molecular complexity index is 459. The molecule has 1 aliphatic carbocycles. The number of nitrogens with one attached hydrogen (secondary N) is 1. The van der Waals surface area contributed by atoms with E-state index >= 15 is 0 Å². The molecular weight excluding hydrogens is 244 g/mol. The van der Waals surface area contributed by atoms with Gasteiger partial charge in [0, 0.05) is 25.3 Å². The number of H-pyrrole nitrogens is 1. The first-order valence-electron chi connectivity index (χ1n) is 6.99. The predicted molar refractivity (Wildman–Crippen MR) is 73.3 cm³/mol. The fourth-order valence-corrected chi connectivity index (χ4v) is 3.34. The zero-order valence-electron chi connectivity index (χ0n) is 10.7. The molecule has 3 rings (SSSR count). The second-order valence-corrected chi connectivity index (χ2v) is 5.95. The molecule has 0 spiro atoms. The third-order valence-electron chi connectivity index (χ3n) is 4.11. The molecule has 0 radical (unpaired) electrons. The van der Waals surface area contributed by atoms with E-state index in [4.69, 9.17) is 17.0 Å². The van der Waals surface area contributed by atoms with Crippen LogP contribution >= 0.6 is 12.2 Å². The van der Waals surface area contributed by atoms with Crippen LogP contribution in [0.1, 0.15) is 49.5 Å². The Morgan fingerprint density at radius 1 is 1.33 bits per heavy atom. The van der Waals surface area contributed by atoms with Crippen molar-refractivity contribution < 1.29 is 4.74 Å². The Labute approximate surface area is 113 Å². The van der Waals surface area contributed by atoms with E-state index in [1.54, 1.807) is 0 Å². The summed E-state index contributed by atoms with van der Waals surface area (Å²) in [4.78, 5) is 7.99. The largest absolute Gasteiger partial charge is 0.381 e. The van der Waals surface area contributed by atoms with Crippen LogP contribution in [-0.2, 0) is 11.2 Å². The van der Waals surface area contributed by atoms with Gasteiger partial charge in [-0.1, -0.05) is 25.1 Å². The van der Waals surface area contributed by atoms with Crippen LogP contribution in [0, 0.1) is 10.6 Å². The maximum atomic E-state index is 5.42. The number of aromatic nitrogens is 2. The van der Waals surface area contributed by atoms with E-state index in [-0.39, 0.29) is 0 Å². The minimum absolute atomic E-state index is 0.613. The van der Waals surface area contributed by atoms with E-state index in [2.05, 4.69) is 16.0 Å². The summed E-state index contributed by atoms with van der Waals surface area (Å²) in [5.74, 6) is 2.34. The van der Waals surface area contributed by atoms with Crippen LogP contribution in [0.3, 0.4) is 0 Å². The summed E-state index contributed by atoms with van der Waals surface area (Å²) in [6.45, 7) is 1.77. The molecule has 3 nitrogen and oxygen atoms in total. The van der Waals surface area contributed by atoms with Gasteiger partial charge in [-0.25, -0.2) is 4.98 Å². The first kappa shape index (κ1) is 12.3. The summed E-state index contributed by atoms with van der Waals surface area (Å²) in [6, 6.07) is 2.06. The highest BCUT2D eigenvalue weighted by atomic mass is 32.1. The number of hydrogen-bond acceptors (Lipinski definition) is 3. The lowest BCUT2D eigenvalue weighted by atomic mass is 10.0. The molecule has 4 heteroatoms. The highest BCUT2D eigenvalue weighted by molar-refractivity contribution is 7.71. The molecule has 2 aliphatic rings. The second-order valence-electron chi connectivity index (χ2n) is 5.54. The maximum absolute atomic E-state index is 5.42. The molecule has 0 bridgehead atoms. The predicted octanol–water partition coefficient (Wildman–Crippen LogP) is 3.38. The van der Waals surface area contributed by atoms with Gasteiger partial charge in [-0.15, -0.1) is 0 Å². The quantitative estimate of drug-likeness (QED) is 0.851. The van der Waals surface area contributed by atoms with Gasteiger partial charge in [-0.3, -0.25) is 0 Å². The van der Waals surface area contributed by atoms with Crippen molar-refractivity contribution in [1.82, 2.24) is 9.97 Å². The number of aromatic amines is 1. The summed E-state index contributed by atoms with van der Waals surface area (Å²) in [5.41, 5.74) is 1.31. The van der Waals surface area contributed by atoms with Gasteiger partial charge in [0.2, 0.25) is 0 Å². The lowest BCUT2D eigenvalue weighted by Gasteiger charge is -2.13. The Balaban J connectivity index is 1.78. The lowest BCUT2D eigenvalue weighted by Crippen LogP contribution is -2.09. The van der Waals surface area contributed by atoms with Gasteiger partial charge in [-0.2, -0.15) is 0 Å². The highest BCUT2D eigenvalue weighted by Gasteiger charge is 2.20. The van der Waals surface area contributed by atoms with Gasteiger partial charge < -0.3 is 9.72 Å². The summed E-state index contributed by atoms with van der Waals surface area (Å²) >= 11 is 5.30. The third kappa shape index (κ3) is 2.81. The van der Waals surface area contributed by atoms with Gasteiger partial charge in [0.05, 0.1) is 0 Å². The maximum Gasteiger partial charge on any atom is 0.129 e. The van der Waals surface area contributed by atoms with Crippen molar-refractivity contribution in [3.05, 3.63) is 22.2 Å². The Hall–Kier alpha value is -0.740. The van der Waals surface area contributed by atoms with Crippen molar-refractivity contribution in [2.75, 3.05) is 13.2 Å². The fourth-order valence-electron chi connectivity index (χ4n) is 3.10. The fraction of sp³-hybridized carbons (Fsp3) is 0.714. The second kappa shape index (κ2) is 5.49. The van der Waals surface area contributed by atoms with Crippen LogP contribution < -0.4 is 0 Å². The molecule has 1 aromatic heterocycles. The molecular formula is C14H20N2OS. The van der Waals surface area contributed by atoms with E-state index < -0.39 is 0 Å². The zero-order chi connectivity index (χ0) is 12.4. The van der Waals surface area contributed by atoms with Crippen molar-refractivity contribution in [2.24, 2.45) is 5.92 Å². The first-order valence-corrected chi connectivity index (χ1v) is 7.40. The van der Waals surface area contributed by atoms with Gasteiger partial charge in [-0.05, 0) is 37.2 Å². The van der Waals surface area contributed by atoms with Crippen molar-refractivity contribution in [1.29, 1.82) is 0 Å². The van der Waals surface area contributed by atoms with Crippen molar-refractivity contribution in [3.63, 3.8) is 0 Å². The standard InChI is InChI=1S/C14H20N2OS/c18-14-8-12(11-3-1-2-4-11)15-13(16-14)7-10-5-6-17-9-10/h8,10-11H,1-7,9H2,(H,15,16,18). The molecule has 1 saturated carbocycles. The first-order chi connectivity index (χ1) is 8.81. The van der Waals surface area contributed by atoms with E-state index in [1.165, 1.54) is 31.4 Å². The van der Waals surface area contributed by atoms with Crippen molar-refractivity contribution in [3.8, 4) is 0 Å². The van der Waals surface area contributed by atoms with E-state index in [0.29, 0.717) is 11.8 Å². The Morgan fingerprint density at radius 3 is 2.89 bits per heavy atom. The van der Waals surface area contributed by atoms with Crippen LogP contribution in [0.2, 0.25) is 0 Å². The third-order valence-corrected chi connectivity index (χ3v) is 4.32. The number of nitrogens with zero attached hydrogens (tertiary/aromatic N) is 1.